The Morgan fingerprint density at radius 2 is 1.87 bits per heavy atom. The minimum atomic E-state index is -0.147. The van der Waals surface area contributed by atoms with Gasteiger partial charge in [-0.1, -0.05) is 29.9 Å². The summed E-state index contributed by atoms with van der Waals surface area (Å²) in [6, 6.07) is 12.9. The normalized spacial score (nSPS) is 10.7. The molecule has 0 aliphatic heterocycles. The lowest BCUT2D eigenvalue weighted by Crippen LogP contribution is -2.06. The summed E-state index contributed by atoms with van der Waals surface area (Å²) in [5.41, 5.74) is 3.19. The smallest absolute Gasteiger partial charge is 0.221 e. The first-order chi connectivity index (χ1) is 11.0. The van der Waals surface area contributed by atoms with Crippen molar-refractivity contribution in [2.24, 2.45) is 0 Å². The van der Waals surface area contributed by atoms with E-state index in [0.29, 0.717) is 26.6 Å². The number of rotatable bonds is 2. The quantitative estimate of drug-likeness (QED) is 0.602. The summed E-state index contributed by atoms with van der Waals surface area (Å²) in [5, 5.41) is 4.21. The second kappa shape index (κ2) is 6.14. The molecular formula is C18H14ClNO2S. The van der Waals surface area contributed by atoms with Gasteiger partial charge in [-0.3, -0.25) is 4.79 Å². The summed E-state index contributed by atoms with van der Waals surface area (Å²) >= 11 is 11.5. The van der Waals surface area contributed by atoms with Gasteiger partial charge in [-0.15, -0.1) is 0 Å². The molecule has 2 aromatic carbocycles. The third-order valence-corrected chi connectivity index (χ3v) is 4.09. The fraction of sp³-hybridized carbons (Fsp3) is 0.111. The molecule has 0 aliphatic rings. The van der Waals surface area contributed by atoms with Crippen molar-refractivity contribution < 1.29 is 9.21 Å². The molecule has 0 aliphatic carbocycles. The van der Waals surface area contributed by atoms with Crippen LogP contribution in [0.25, 0.3) is 22.3 Å². The van der Waals surface area contributed by atoms with Crippen LogP contribution in [0.2, 0.25) is 5.02 Å². The van der Waals surface area contributed by atoms with E-state index in [1.54, 1.807) is 18.2 Å². The number of carbonyl (C=O) groups excluding carboxylic acids is 1. The number of halogens is 1. The number of anilines is 1. The monoisotopic (exact) mass is 343 g/mol. The van der Waals surface area contributed by atoms with Gasteiger partial charge < -0.3 is 9.73 Å². The predicted molar refractivity (Wildman–Crippen MR) is 96.5 cm³/mol. The van der Waals surface area contributed by atoms with E-state index in [4.69, 9.17) is 28.2 Å². The van der Waals surface area contributed by atoms with Crippen LogP contribution in [0.3, 0.4) is 0 Å². The second-order valence-electron chi connectivity index (χ2n) is 5.30. The van der Waals surface area contributed by atoms with E-state index < -0.39 is 0 Å². The van der Waals surface area contributed by atoms with Crippen LogP contribution in [-0.4, -0.2) is 5.91 Å². The number of hydrogen-bond donors (Lipinski definition) is 1. The van der Waals surface area contributed by atoms with E-state index >= 15 is 0 Å². The van der Waals surface area contributed by atoms with Crippen LogP contribution < -0.4 is 5.32 Å². The van der Waals surface area contributed by atoms with Crippen molar-refractivity contribution in [1.29, 1.82) is 0 Å². The molecule has 1 amide bonds. The lowest BCUT2D eigenvalue weighted by molar-refractivity contribution is -0.114. The highest BCUT2D eigenvalue weighted by atomic mass is 35.5. The number of nitrogens with one attached hydrogen (secondary N) is 1. The van der Waals surface area contributed by atoms with Gasteiger partial charge in [0.25, 0.3) is 0 Å². The third kappa shape index (κ3) is 3.14. The van der Waals surface area contributed by atoms with Crippen LogP contribution in [0.5, 0.6) is 0 Å². The standard InChI is InChI=1S/C18H14ClNO2S/c1-10-3-8-14(20-11(2)21)17-16(23)9-15(22-18(10)17)12-4-6-13(19)7-5-12/h3-9H,1-2H3,(H,20,21). The molecule has 0 radical (unpaired) electrons. The van der Waals surface area contributed by atoms with Crippen LogP contribution in [0.1, 0.15) is 12.5 Å². The highest BCUT2D eigenvalue weighted by molar-refractivity contribution is 7.71. The first-order valence-corrected chi connectivity index (χ1v) is 7.85. The summed E-state index contributed by atoms with van der Waals surface area (Å²) < 4.78 is 6.69. The van der Waals surface area contributed by atoms with Crippen LogP contribution in [-0.2, 0) is 4.79 Å². The molecular weight excluding hydrogens is 330 g/mol. The van der Waals surface area contributed by atoms with E-state index in [2.05, 4.69) is 5.32 Å². The molecule has 1 N–H and O–H groups in total. The van der Waals surface area contributed by atoms with Gasteiger partial charge >= 0.3 is 0 Å². The van der Waals surface area contributed by atoms with Gasteiger partial charge in [0.1, 0.15) is 11.3 Å². The maximum absolute atomic E-state index is 11.4. The summed E-state index contributed by atoms with van der Waals surface area (Å²) in [4.78, 5) is 11.4. The predicted octanol–water partition coefficient (Wildman–Crippen LogP) is 5.75. The fourth-order valence-corrected chi connectivity index (χ4v) is 2.88. The topological polar surface area (TPSA) is 42.2 Å². The summed E-state index contributed by atoms with van der Waals surface area (Å²) in [6.45, 7) is 3.41. The van der Waals surface area contributed by atoms with Gasteiger partial charge in [0.2, 0.25) is 5.91 Å². The maximum atomic E-state index is 11.4. The van der Waals surface area contributed by atoms with E-state index in [9.17, 15) is 4.79 Å². The summed E-state index contributed by atoms with van der Waals surface area (Å²) in [7, 11) is 0. The van der Waals surface area contributed by atoms with Crippen molar-refractivity contribution in [1.82, 2.24) is 0 Å². The van der Waals surface area contributed by atoms with Crippen LogP contribution in [0.4, 0.5) is 5.69 Å². The van der Waals surface area contributed by atoms with Crippen molar-refractivity contribution in [2.45, 2.75) is 13.8 Å². The molecule has 0 bridgehead atoms. The summed E-state index contributed by atoms with van der Waals surface area (Å²) in [5.74, 6) is 0.522. The average Bonchev–Trinajstić information content (AvgIpc) is 2.50. The molecule has 3 rings (SSSR count). The maximum Gasteiger partial charge on any atom is 0.221 e. The first kappa shape index (κ1) is 15.7. The summed E-state index contributed by atoms with van der Waals surface area (Å²) in [6.07, 6.45) is 0. The zero-order valence-electron chi connectivity index (χ0n) is 12.6. The Labute approximate surface area is 143 Å². The number of hydrogen-bond acceptors (Lipinski definition) is 3. The van der Waals surface area contributed by atoms with Crippen LogP contribution in [0, 0.1) is 11.4 Å². The molecule has 0 spiro atoms. The minimum absolute atomic E-state index is 0.147. The highest BCUT2D eigenvalue weighted by Crippen LogP contribution is 2.32. The minimum Gasteiger partial charge on any atom is -0.456 e. The van der Waals surface area contributed by atoms with Gasteiger partial charge in [0, 0.05) is 23.6 Å². The molecule has 0 atom stereocenters. The van der Waals surface area contributed by atoms with Crippen molar-refractivity contribution in [3.63, 3.8) is 0 Å². The molecule has 0 saturated heterocycles. The second-order valence-corrected chi connectivity index (χ2v) is 6.17. The average molecular weight is 344 g/mol. The Bertz CT molecular complexity index is 961. The van der Waals surface area contributed by atoms with Crippen molar-refractivity contribution in [3.8, 4) is 11.3 Å². The molecule has 1 heterocycles. The van der Waals surface area contributed by atoms with E-state index in [1.807, 2.05) is 31.2 Å². The number of benzene rings is 2. The number of carbonyl (C=O) groups is 1. The third-order valence-electron chi connectivity index (χ3n) is 3.51. The van der Waals surface area contributed by atoms with Crippen LogP contribution >= 0.6 is 23.8 Å². The van der Waals surface area contributed by atoms with E-state index in [-0.39, 0.29) is 5.91 Å². The SMILES string of the molecule is CC(=O)Nc1ccc(C)c2oc(-c3ccc(Cl)cc3)cc(=S)c12. The van der Waals surface area contributed by atoms with Gasteiger partial charge in [-0.2, -0.15) is 0 Å². The molecule has 23 heavy (non-hydrogen) atoms. The Morgan fingerprint density at radius 1 is 1.17 bits per heavy atom. The van der Waals surface area contributed by atoms with Gasteiger partial charge in [0.05, 0.1) is 15.6 Å². The molecule has 1 aromatic heterocycles. The lowest BCUT2D eigenvalue weighted by atomic mass is 10.1. The van der Waals surface area contributed by atoms with Gasteiger partial charge in [-0.25, -0.2) is 0 Å². The Morgan fingerprint density at radius 3 is 2.52 bits per heavy atom. The molecule has 0 fully saturated rings. The van der Waals surface area contributed by atoms with Gasteiger partial charge in [-0.05, 0) is 42.8 Å². The zero-order chi connectivity index (χ0) is 16.6. The number of aryl methyl sites for hydroxylation is 1. The fourth-order valence-electron chi connectivity index (χ4n) is 2.44. The van der Waals surface area contributed by atoms with Crippen molar-refractivity contribution in [2.75, 3.05) is 5.32 Å². The Balaban J connectivity index is 2.26. The van der Waals surface area contributed by atoms with Crippen molar-refractivity contribution >= 4 is 46.4 Å². The first-order valence-electron chi connectivity index (χ1n) is 7.06. The molecule has 0 unspecified atom stereocenters. The number of amides is 1. The molecule has 3 aromatic rings. The van der Waals surface area contributed by atoms with E-state index in [0.717, 1.165) is 16.5 Å². The molecule has 3 nitrogen and oxygen atoms in total. The highest BCUT2D eigenvalue weighted by Gasteiger charge is 2.12. The van der Waals surface area contributed by atoms with E-state index in [1.165, 1.54) is 6.92 Å². The van der Waals surface area contributed by atoms with Crippen molar-refractivity contribution in [3.05, 3.63) is 57.6 Å². The zero-order valence-corrected chi connectivity index (χ0v) is 14.2. The Kier molecular flexibility index (Phi) is 4.20. The van der Waals surface area contributed by atoms with Gasteiger partial charge in [0.15, 0.2) is 0 Å². The molecule has 0 saturated carbocycles. The van der Waals surface area contributed by atoms with Crippen LogP contribution in [0.15, 0.2) is 46.9 Å². The largest absolute Gasteiger partial charge is 0.456 e. The molecule has 116 valence electrons. The number of fused-ring (bicyclic) bond motifs is 1. The molecule has 5 heteroatoms. The lowest BCUT2D eigenvalue weighted by Gasteiger charge is -2.11. The Hall–Kier alpha value is -2.17.